The van der Waals surface area contributed by atoms with Crippen LogP contribution in [0.25, 0.3) is 0 Å². The molecule has 0 bridgehead atoms. The molecule has 1 aliphatic heterocycles. The highest BCUT2D eigenvalue weighted by Crippen LogP contribution is 2.27. The fourth-order valence-corrected chi connectivity index (χ4v) is 4.80. The summed E-state index contributed by atoms with van der Waals surface area (Å²) >= 11 is 0. The summed E-state index contributed by atoms with van der Waals surface area (Å²) in [6, 6.07) is 15.6. The summed E-state index contributed by atoms with van der Waals surface area (Å²) in [5, 5.41) is 6.51. The van der Waals surface area contributed by atoms with Crippen molar-refractivity contribution in [2.24, 2.45) is 0 Å². The van der Waals surface area contributed by atoms with E-state index >= 15 is 0 Å². The molecule has 3 aromatic rings. The van der Waals surface area contributed by atoms with E-state index in [1.807, 2.05) is 36.9 Å². The zero-order chi connectivity index (χ0) is 27.0. The maximum absolute atomic E-state index is 13.8. The minimum absolute atomic E-state index is 0.0922. The van der Waals surface area contributed by atoms with Crippen molar-refractivity contribution in [3.05, 3.63) is 95.1 Å². The lowest BCUT2D eigenvalue weighted by Crippen LogP contribution is -2.37. The maximum Gasteiger partial charge on any atom is 0.259 e. The molecule has 0 radical (unpaired) electrons. The van der Waals surface area contributed by atoms with Gasteiger partial charge in [-0.2, -0.15) is 0 Å². The number of hydrogen-bond acceptors (Lipinski definition) is 4. The van der Waals surface area contributed by atoms with Gasteiger partial charge in [0.15, 0.2) is 0 Å². The fraction of sp³-hybridized carbons (Fsp3) is 0.387. The van der Waals surface area contributed by atoms with Gasteiger partial charge in [0, 0.05) is 48.7 Å². The summed E-state index contributed by atoms with van der Waals surface area (Å²) in [7, 11) is 0. The Bertz CT molecular complexity index is 1250. The predicted molar refractivity (Wildman–Crippen MR) is 149 cm³/mol. The minimum Gasteiger partial charge on any atom is -0.351 e. The maximum atomic E-state index is 13.8. The largest absolute Gasteiger partial charge is 0.351 e. The van der Waals surface area contributed by atoms with E-state index in [1.165, 1.54) is 12.1 Å². The van der Waals surface area contributed by atoms with Crippen molar-refractivity contribution in [3.8, 4) is 0 Å². The molecule has 4 rings (SSSR count). The first-order chi connectivity index (χ1) is 18.3. The van der Waals surface area contributed by atoms with Gasteiger partial charge in [-0.05, 0) is 73.0 Å². The van der Waals surface area contributed by atoms with Crippen molar-refractivity contribution >= 4 is 17.5 Å². The van der Waals surface area contributed by atoms with Crippen molar-refractivity contribution in [1.82, 2.24) is 15.6 Å². The van der Waals surface area contributed by atoms with Crippen LogP contribution in [0.1, 0.15) is 77.8 Å². The van der Waals surface area contributed by atoms with Crippen LogP contribution in [0, 0.1) is 5.82 Å². The summed E-state index contributed by atoms with van der Waals surface area (Å²) in [6.07, 6.45) is 8.63. The number of hydrogen-bond donors (Lipinski definition) is 2. The van der Waals surface area contributed by atoms with Gasteiger partial charge in [-0.25, -0.2) is 4.39 Å². The molecule has 0 aliphatic carbocycles. The summed E-state index contributed by atoms with van der Waals surface area (Å²) in [6.45, 7) is 6.36. The first-order valence-corrected chi connectivity index (χ1v) is 13.4. The second-order valence-electron chi connectivity index (χ2n) is 10.6. The van der Waals surface area contributed by atoms with Crippen LogP contribution < -0.4 is 15.5 Å². The lowest BCUT2D eigenvalue weighted by Gasteiger charge is -2.27. The molecule has 200 valence electrons. The second-order valence-corrected chi connectivity index (χ2v) is 10.6. The van der Waals surface area contributed by atoms with Crippen molar-refractivity contribution in [1.29, 1.82) is 0 Å². The number of nitrogens with zero attached hydrogens (tertiary/aromatic N) is 2. The van der Waals surface area contributed by atoms with Crippen molar-refractivity contribution < 1.29 is 14.0 Å². The highest BCUT2D eigenvalue weighted by Gasteiger charge is 2.24. The molecule has 0 unspecified atom stereocenters. The molecule has 0 saturated heterocycles. The number of fused-ring (bicyclic) bond motifs is 1. The fourth-order valence-electron chi connectivity index (χ4n) is 4.80. The number of carbonyl (C=O) groups excluding carboxylic acids is 2. The minimum atomic E-state index is -0.442. The molecular formula is C31H37FN4O2. The van der Waals surface area contributed by atoms with Crippen molar-refractivity contribution in [2.75, 3.05) is 24.5 Å². The molecule has 0 atom stereocenters. The summed E-state index contributed by atoms with van der Waals surface area (Å²) in [5.74, 6) is -0.585. The van der Waals surface area contributed by atoms with Gasteiger partial charge >= 0.3 is 0 Å². The normalized spacial score (nSPS) is 15.1. The average Bonchev–Trinajstić information content (AvgIpc) is 2.92. The van der Waals surface area contributed by atoms with E-state index < -0.39 is 5.41 Å². The van der Waals surface area contributed by atoms with Crippen LogP contribution in [0.5, 0.6) is 0 Å². The molecule has 0 spiro atoms. The third-order valence-corrected chi connectivity index (χ3v) is 7.13. The van der Waals surface area contributed by atoms with E-state index in [-0.39, 0.29) is 17.6 Å². The lowest BCUT2D eigenvalue weighted by molar-refractivity contribution is 0.0944. The number of amides is 2. The van der Waals surface area contributed by atoms with Gasteiger partial charge in [-0.3, -0.25) is 14.6 Å². The van der Waals surface area contributed by atoms with Crippen LogP contribution >= 0.6 is 0 Å². The van der Waals surface area contributed by atoms with Crippen LogP contribution in [0.2, 0.25) is 0 Å². The Morgan fingerprint density at radius 2 is 1.82 bits per heavy atom. The monoisotopic (exact) mass is 516 g/mol. The Hall–Kier alpha value is -3.58. The van der Waals surface area contributed by atoms with E-state index in [1.54, 1.807) is 36.7 Å². The van der Waals surface area contributed by atoms with E-state index in [4.69, 9.17) is 0 Å². The number of carbonyl (C=O) groups is 2. The van der Waals surface area contributed by atoms with Gasteiger partial charge < -0.3 is 15.5 Å². The number of pyridine rings is 1. The van der Waals surface area contributed by atoms with Gasteiger partial charge in [-0.1, -0.05) is 45.2 Å². The summed E-state index contributed by atoms with van der Waals surface area (Å²) in [5.41, 5.74) is 3.16. The highest BCUT2D eigenvalue weighted by molar-refractivity contribution is 6.06. The quantitative estimate of drug-likeness (QED) is 0.461. The lowest BCUT2D eigenvalue weighted by atomic mass is 9.84. The Kier molecular flexibility index (Phi) is 9.24. The molecule has 2 aromatic carbocycles. The smallest absolute Gasteiger partial charge is 0.259 e. The van der Waals surface area contributed by atoms with Crippen LogP contribution in [0.3, 0.4) is 0 Å². The number of rotatable bonds is 5. The zero-order valence-corrected chi connectivity index (χ0v) is 22.3. The predicted octanol–water partition coefficient (Wildman–Crippen LogP) is 5.63. The number of nitrogens with one attached hydrogen (secondary N) is 2. The second kappa shape index (κ2) is 12.8. The van der Waals surface area contributed by atoms with Crippen LogP contribution in [-0.4, -0.2) is 36.4 Å². The Balaban J connectivity index is 1.58. The van der Waals surface area contributed by atoms with E-state index in [2.05, 4.69) is 15.6 Å². The van der Waals surface area contributed by atoms with Crippen molar-refractivity contribution in [2.45, 2.75) is 57.9 Å². The van der Waals surface area contributed by atoms with Gasteiger partial charge in [0.25, 0.3) is 11.8 Å². The van der Waals surface area contributed by atoms with E-state index in [9.17, 15) is 14.0 Å². The molecule has 0 fully saturated rings. The van der Waals surface area contributed by atoms with Crippen LogP contribution in [-0.2, 0) is 12.0 Å². The molecule has 6 nitrogen and oxygen atoms in total. The summed E-state index contributed by atoms with van der Waals surface area (Å²) in [4.78, 5) is 32.7. The van der Waals surface area contributed by atoms with Crippen LogP contribution in [0.4, 0.5) is 10.1 Å². The molecular weight excluding hydrogens is 479 g/mol. The molecule has 1 aromatic heterocycles. The first-order valence-electron chi connectivity index (χ1n) is 13.4. The Labute approximate surface area is 224 Å². The molecule has 1 aliphatic rings. The molecule has 7 heteroatoms. The summed E-state index contributed by atoms with van der Waals surface area (Å²) < 4.78 is 13.8. The zero-order valence-electron chi connectivity index (χ0n) is 22.3. The van der Waals surface area contributed by atoms with Gasteiger partial charge in [-0.15, -0.1) is 0 Å². The van der Waals surface area contributed by atoms with Gasteiger partial charge in [0.05, 0.1) is 5.56 Å². The molecule has 0 saturated carbocycles. The molecule has 38 heavy (non-hydrogen) atoms. The molecule has 2 heterocycles. The molecule has 2 amide bonds. The van der Waals surface area contributed by atoms with Gasteiger partial charge in [0.2, 0.25) is 0 Å². The van der Waals surface area contributed by atoms with E-state index in [0.29, 0.717) is 30.8 Å². The number of halogens is 1. The third-order valence-electron chi connectivity index (χ3n) is 7.13. The molecule has 2 N–H and O–H groups in total. The number of anilines is 1. The third kappa shape index (κ3) is 7.04. The van der Waals surface area contributed by atoms with E-state index in [0.717, 1.165) is 55.5 Å². The van der Waals surface area contributed by atoms with Crippen molar-refractivity contribution in [3.63, 3.8) is 0 Å². The first kappa shape index (κ1) is 27.5. The highest BCUT2D eigenvalue weighted by atomic mass is 19.1. The van der Waals surface area contributed by atoms with Crippen LogP contribution in [0.15, 0.2) is 67.0 Å². The SMILES string of the molecule is CC(C)(CNC(=O)c1ccc2c(c1)CNCCCCCCCN2C(=O)c1cccnc1)c1cccc(F)c1. The topological polar surface area (TPSA) is 74.3 Å². The number of benzene rings is 2. The Morgan fingerprint density at radius 3 is 2.61 bits per heavy atom. The Morgan fingerprint density at radius 1 is 1.00 bits per heavy atom. The average molecular weight is 517 g/mol. The van der Waals surface area contributed by atoms with Gasteiger partial charge in [0.1, 0.15) is 5.82 Å². The number of aromatic nitrogens is 1. The standard InChI is InChI=1S/C31H37FN4O2/c1-31(2,26-11-8-12-27(32)19-26)22-35-29(37)23-13-14-28-25(18-23)21-33-15-6-4-3-5-7-17-36(28)30(38)24-10-9-16-34-20-24/h8-14,16,18-20,33H,3-7,15,17,21-22H2,1-2H3,(H,35,37).